The van der Waals surface area contributed by atoms with Crippen LogP contribution in [0.5, 0.6) is 0 Å². The fourth-order valence-corrected chi connectivity index (χ4v) is 10.3. The highest BCUT2D eigenvalue weighted by Gasteiger charge is 2.60. The Morgan fingerprint density at radius 2 is 1.37 bits per heavy atom. The Morgan fingerprint density at radius 1 is 0.886 bits per heavy atom. The third kappa shape index (κ3) is 4.15. The Hall–Kier alpha value is -3.43. The lowest BCUT2D eigenvalue weighted by atomic mass is 10.1. The molecule has 0 saturated carbocycles. The molecule has 0 unspecified atom stereocenters. The van der Waals surface area contributed by atoms with Gasteiger partial charge in [0, 0.05) is 26.1 Å². The summed E-state index contributed by atoms with van der Waals surface area (Å²) in [4.78, 5) is 30.0. The number of hydrogen-bond donors (Lipinski definition) is 0. The van der Waals surface area contributed by atoms with Crippen LogP contribution < -0.4 is 15.9 Å². The summed E-state index contributed by atoms with van der Waals surface area (Å²) in [6.45, 7) is 5.52. The molecule has 1 atom stereocenters. The second-order valence-corrected chi connectivity index (χ2v) is 12.6. The highest BCUT2D eigenvalue weighted by Crippen LogP contribution is 2.62. The first kappa shape index (κ1) is 23.3. The molecule has 5 nitrogen and oxygen atoms in total. The Bertz CT molecular complexity index is 1080. The van der Waals surface area contributed by atoms with Crippen LogP contribution >= 0.6 is 7.26 Å². The van der Waals surface area contributed by atoms with Gasteiger partial charge >= 0.3 is 6.09 Å². The summed E-state index contributed by atoms with van der Waals surface area (Å²) in [5, 5.41) is 3.67. The monoisotopic (exact) mass is 485 g/mol. The Labute approximate surface area is 207 Å². The van der Waals surface area contributed by atoms with Crippen molar-refractivity contribution in [2.45, 2.75) is 18.1 Å². The van der Waals surface area contributed by atoms with Crippen LogP contribution in [0.2, 0.25) is 0 Å². The average molecular weight is 486 g/mol. The second kappa shape index (κ2) is 10.1. The van der Waals surface area contributed by atoms with E-state index in [1.807, 2.05) is 23.1 Å². The fourth-order valence-electron chi connectivity index (χ4n) is 5.41. The second-order valence-electron chi connectivity index (χ2n) is 8.99. The summed E-state index contributed by atoms with van der Waals surface area (Å²) in [5.74, 6) is 0.194. The molecule has 2 aliphatic heterocycles. The van der Waals surface area contributed by atoms with Crippen molar-refractivity contribution >= 4 is 35.2 Å². The lowest BCUT2D eigenvalue weighted by Crippen LogP contribution is -2.62. The van der Waals surface area contributed by atoms with E-state index in [0.717, 1.165) is 6.42 Å². The number of carbonyl (C=O) groups excluding carboxylic acids is 2. The first-order chi connectivity index (χ1) is 17.2. The van der Waals surface area contributed by atoms with Gasteiger partial charge in [0.25, 0.3) is 5.91 Å². The zero-order chi connectivity index (χ0) is 24.3. The van der Waals surface area contributed by atoms with Crippen molar-refractivity contribution in [3.05, 3.63) is 104 Å². The van der Waals surface area contributed by atoms with Gasteiger partial charge in [-0.1, -0.05) is 67.3 Å². The minimum Gasteiger partial charge on any atom is -0.445 e. The van der Waals surface area contributed by atoms with Crippen LogP contribution in [0.25, 0.3) is 0 Å². The topological polar surface area (TPSA) is 49.9 Å². The maximum atomic E-state index is 14.2. The van der Waals surface area contributed by atoms with Crippen molar-refractivity contribution in [3.8, 4) is 0 Å². The van der Waals surface area contributed by atoms with E-state index in [2.05, 4.69) is 79.4 Å². The predicted molar refractivity (Wildman–Crippen MR) is 142 cm³/mol. The largest absolute Gasteiger partial charge is 0.445 e. The van der Waals surface area contributed by atoms with Crippen LogP contribution in [-0.2, 0) is 9.53 Å². The highest BCUT2D eigenvalue weighted by molar-refractivity contribution is 7.96. The third-order valence-electron chi connectivity index (χ3n) is 7.06. The molecule has 2 heterocycles. The van der Waals surface area contributed by atoms with E-state index in [-0.39, 0.29) is 30.3 Å². The van der Waals surface area contributed by atoms with E-state index in [9.17, 15) is 9.59 Å². The smallest absolute Gasteiger partial charge is 0.410 e. The molecule has 2 fully saturated rings. The van der Waals surface area contributed by atoms with Crippen LogP contribution in [0.3, 0.4) is 0 Å². The van der Waals surface area contributed by atoms with Crippen LogP contribution in [0.1, 0.15) is 6.42 Å². The van der Waals surface area contributed by atoms with Crippen LogP contribution in [0, 0.1) is 0 Å². The molecule has 35 heavy (non-hydrogen) atoms. The van der Waals surface area contributed by atoms with E-state index in [1.54, 1.807) is 11.0 Å². The molecule has 3 aromatic rings. The molecule has 3 aromatic carbocycles. The minimum atomic E-state index is -2.28. The van der Waals surface area contributed by atoms with Gasteiger partial charge in [0.05, 0.1) is 6.04 Å². The van der Waals surface area contributed by atoms with Gasteiger partial charge in [-0.05, 0) is 36.4 Å². The molecule has 0 radical (unpaired) electrons. The van der Waals surface area contributed by atoms with Crippen molar-refractivity contribution in [1.29, 1.82) is 0 Å². The van der Waals surface area contributed by atoms with Gasteiger partial charge in [-0.15, -0.1) is 0 Å². The number of ether oxygens (including phenoxy) is 1. The quantitative estimate of drug-likeness (QED) is 0.380. The number of benzene rings is 3. The number of nitrogens with zero attached hydrogens (tertiary/aromatic N) is 2. The van der Waals surface area contributed by atoms with E-state index in [4.69, 9.17) is 4.74 Å². The molecule has 0 spiro atoms. The maximum absolute atomic E-state index is 14.2. The molecule has 0 bridgehead atoms. The maximum Gasteiger partial charge on any atom is 0.410 e. The standard InChI is InChI=1S/C29H30N2O3P/c1-2-20-34-29(33)30-21-23(22-30)31-19-18-27(28(31)32)35(24-12-6-3-7-13-24,25-14-8-4-9-15-25)26-16-10-5-11-17-26/h2-17,23,27H,1,18-22H2/q+1/t27-/m1/s1. The SMILES string of the molecule is C=CCOC(=O)N1CC(N2CC[C@@H]([P+](c3ccccc3)(c3ccccc3)c3ccccc3)C2=O)C1. The first-order valence-electron chi connectivity index (χ1n) is 12.0. The zero-order valence-electron chi connectivity index (χ0n) is 19.7. The van der Waals surface area contributed by atoms with Gasteiger partial charge < -0.3 is 14.5 Å². The van der Waals surface area contributed by atoms with Crippen molar-refractivity contribution in [3.63, 3.8) is 0 Å². The Balaban J connectivity index is 1.51. The number of carbonyl (C=O) groups is 2. The highest BCUT2D eigenvalue weighted by atomic mass is 31.2. The van der Waals surface area contributed by atoms with Gasteiger partial charge in [-0.3, -0.25) is 4.79 Å². The van der Waals surface area contributed by atoms with Gasteiger partial charge in [-0.25, -0.2) is 4.79 Å². The summed E-state index contributed by atoms with van der Waals surface area (Å²) in [5.41, 5.74) is -0.142. The summed E-state index contributed by atoms with van der Waals surface area (Å²) in [6, 6.07) is 31.7. The lowest BCUT2D eigenvalue weighted by molar-refractivity contribution is -0.132. The fraction of sp³-hybridized carbons (Fsp3) is 0.241. The third-order valence-corrected chi connectivity index (χ3v) is 11.8. The lowest BCUT2D eigenvalue weighted by Gasteiger charge is -2.43. The van der Waals surface area contributed by atoms with Crippen LogP contribution in [0.15, 0.2) is 104 Å². The molecule has 2 aliphatic rings. The molecule has 178 valence electrons. The molecule has 2 saturated heterocycles. The summed E-state index contributed by atoms with van der Waals surface area (Å²) >= 11 is 0. The average Bonchev–Trinajstić information content (AvgIpc) is 3.25. The van der Waals surface area contributed by atoms with Gasteiger partial charge in [-0.2, -0.15) is 0 Å². The summed E-state index contributed by atoms with van der Waals surface area (Å²) < 4.78 is 5.15. The number of likely N-dealkylation sites (tertiary alicyclic amines) is 2. The van der Waals surface area contributed by atoms with Crippen LogP contribution in [0.4, 0.5) is 4.79 Å². The van der Waals surface area contributed by atoms with E-state index < -0.39 is 7.26 Å². The number of hydrogen-bond acceptors (Lipinski definition) is 3. The Morgan fingerprint density at radius 3 is 1.83 bits per heavy atom. The molecular formula is C29H30N2O3P+. The van der Waals surface area contributed by atoms with Crippen LogP contribution in [-0.4, -0.2) is 59.7 Å². The van der Waals surface area contributed by atoms with Crippen molar-refractivity contribution in [2.24, 2.45) is 0 Å². The van der Waals surface area contributed by atoms with E-state index >= 15 is 0 Å². The van der Waals surface area contributed by atoms with E-state index in [1.165, 1.54) is 15.9 Å². The molecule has 0 N–H and O–H groups in total. The molecule has 6 heteroatoms. The van der Waals surface area contributed by atoms with E-state index in [0.29, 0.717) is 19.6 Å². The first-order valence-corrected chi connectivity index (χ1v) is 13.9. The van der Waals surface area contributed by atoms with Crippen molar-refractivity contribution < 1.29 is 14.3 Å². The molecule has 0 aromatic heterocycles. The molecule has 2 amide bonds. The normalized spacial score (nSPS) is 18.3. The molecular weight excluding hydrogens is 455 g/mol. The van der Waals surface area contributed by atoms with Crippen molar-refractivity contribution in [2.75, 3.05) is 26.2 Å². The van der Waals surface area contributed by atoms with Gasteiger partial charge in [0.15, 0.2) is 5.66 Å². The summed E-state index contributed by atoms with van der Waals surface area (Å²) in [6.07, 6.45) is 2.01. The predicted octanol–water partition coefficient (Wildman–Crippen LogP) is 3.59. The zero-order valence-corrected chi connectivity index (χ0v) is 20.6. The van der Waals surface area contributed by atoms with Crippen molar-refractivity contribution in [1.82, 2.24) is 9.80 Å². The molecule has 0 aliphatic carbocycles. The number of rotatable bonds is 7. The summed E-state index contributed by atoms with van der Waals surface area (Å²) in [7, 11) is -2.28. The molecule has 5 rings (SSSR count). The minimum absolute atomic E-state index is 0.0352. The van der Waals surface area contributed by atoms with Gasteiger partial charge in [0.2, 0.25) is 0 Å². The number of amides is 2. The van der Waals surface area contributed by atoms with Gasteiger partial charge in [0.1, 0.15) is 29.8 Å². The Kier molecular flexibility index (Phi) is 6.70.